The Hall–Kier alpha value is -4.53. The van der Waals surface area contributed by atoms with E-state index in [9.17, 15) is 14.0 Å². The largest absolute Gasteiger partial charge is 0.490 e. The number of aromatic nitrogens is 2. The van der Waals surface area contributed by atoms with Gasteiger partial charge in [0.15, 0.2) is 11.6 Å². The van der Waals surface area contributed by atoms with Crippen molar-refractivity contribution in [2.24, 2.45) is 5.73 Å². The molecule has 0 spiro atoms. The van der Waals surface area contributed by atoms with Gasteiger partial charge in [-0.2, -0.15) is 0 Å². The molecule has 2 aromatic carbocycles. The van der Waals surface area contributed by atoms with Crippen LogP contribution in [0.25, 0.3) is 22.0 Å². The number of nitrogens with two attached hydrogens (primary N) is 1. The monoisotopic (exact) mass is 488 g/mol. The number of rotatable bonds is 9. The van der Waals surface area contributed by atoms with Gasteiger partial charge in [-0.05, 0) is 61.0 Å². The van der Waals surface area contributed by atoms with Gasteiger partial charge in [-0.3, -0.25) is 14.6 Å². The molecule has 36 heavy (non-hydrogen) atoms. The second-order valence-corrected chi connectivity index (χ2v) is 8.01. The number of nitrogens with zero attached hydrogens (tertiary/aromatic N) is 3. The van der Waals surface area contributed by atoms with Crippen molar-refractivity contribution in [2.75, 3.05) is 26.8 Å². The lowest BCUT2D eigenvalue weighted by Crippen LogP contribution is -2.26. The summed E-state index contributed by atoms with van der Waals surface area (Å²) >= 11 is 0. The smallest absolute Gasteiger partial charge is 0.267 e. The van der Waals surface area contributed by atoms with Crippen molar-refractivity contribution in [1.29, 1.82) is 0 Å². The molecule has 2 aromatic heterocycles. The zero-order valence-electron chi connectivity index (χ0n) is 19.9. The maximum atomic E-state index is 14.8. The number of ether oxygens (including phenoxy) is 2. The second-order valence-electron chi connectivity index (χ2n) is 8.01. The minimum atomic E-state index is -0.648. The van der Waals surface area contributed by atoms with Gasteiger partial charge in [0.05, 0.1) is 5.52 Å². The number of primary amides is 1. The molecule has 4 aromatic rings. The Kier molecular flexibility index (Phi) is 7.39. The van der Waals surface area contributed by atoms with Crippen LogP contribution in [-0.4, -0.2) is 53.5 Å². The number of hydrogen-bond acceptors (Lipinski definition) is 6. The molecule has 0 bridgehead atoms. The number of amides is 2. The van der Waals surface area contributed by atoms with Gasteiger partial charge in [-0.15, -0.1) is 0 Å². The molecule has 2 N–H and O–H groups in total. The van der Waals surface area contributed by atoms with E-state index in [1.54, 1.807) is 60.7 Å². The summed E-state index contributed by atoms with van der Waals surface area (Å²) in [6.45, 7) is 2.84. The predicted octanol–water partition coefficient (Wildman–Crippen LogP) is 4.08. The van der Waals surface area contributed by atoms with Crippen molar-refractivity contribution in [3.8, 4) is 22.6 Å². The standard InChI is InChI=1S/C27H25FN4O4/c1-3-32(2)27(34)17-4-8-20(9-5-17)35-12-13-36-24-11-7-18(14-22(24)28)21-16-30-15-19-6-10-23(26(29)33)31-25(19)21/h4-11,14-16H,3,12-13H2,1-2H3,(H2,29,33). The first-order valence-corrected chi connectivity index (χ1v) is 11.3. The van der Waals surface area contributed by atoms with Gasteiger partial charge in [-0.25, -0.2) is 9.37 Å². The van der Waals surface area contributed by atoms with E-state index in [0.717, 1.165) is 0 Å². The first-order valence-electron chi connectivity index (χ1n) is 11.3. The molecule has 0 aliphatic rings. The zero-order valence-corrected chi connectivity index (χ0v) is 19.9. The fourth-order valence-electron chi connectivity index (χ4n) is 3.55. The Morgan fingerprint density at radius 3 is 2.44 bits per heavy atom. The van der Waals surface area contributed by atoms with Crippen LogP contribution >= 0.6 is 0 Å². The number of benzene rings is 2. The number of pyridine rings is 2. The molecule has 0 atom stereocenters. The predicted molar refractivity (Wildman–Crippen MR) is 134 cm³/mol. The molecule has 0 saturated carbocycles. The number of carbonyl (C=O) groups is 2. The van der Waals surface area contributed by atoms with E-state index in [1.165, 1.54) is 18.2 Å². The van der Waals surface area contributed by atoms with Crippen LogP contribution in [0.15, 0.2) is 67.0 Å². The quantitative estimate of drug-likeness (QED) is 0.356. The minimum absolute atomic E-state index is 0.0605. The van der Waals surface area contributed by atoms with Crippen LogP contribution in [0.5, 0.6) is 11.5 Å². The maximum Gasteiger partial charge on any atom is 0.267 e. The lowest BCUT2D eigenvalue weighted by atomic mass is 10.0. The summed E-state index contributed by atoms with van der Waals surface area (Å²) in [4.78, 5) is 33.8. The Morgan fingerprint density at radius 1 is 1.00 bits per heavy atom. The molecule has 2 amide bonds. The Labute approximate surface area is 207 Å². The van der Waals surface area contributed by atoms with Crippen molar-refractivity contribution in [3.05, 3.63) is 84.1 Å². The highest BCUT2D eigenvalue weighted by molar-refractivity contribution is 5.98. The average molecular weight is 489 g/mol. The third-order valence-electron chi connectivity index (χ3n) is 5.63. The van der Waals surface area contributed by atoms with Crippen LogP contribution in [0.1, 0.15) is 27.8 Å². The average Bonchev–Trinajstić information content (AvgIpc) is 2.90. The third-order valence-corrected chi connectivity index (χ3v) is 5.63. The molecule has 8 nitrogen and oxygen atoms in total. The minimum Gasteiger partial charge on any atom is -0.490 e. The number of fused-ring (bicyclic) bond motifs is 1. The molecule has 2 heterocycles. The van der Waals surface area contributed by atoms with Gasteiger partial charge in [0.2, 0.25) is 0 Å². The lowest BCUT2D eigenvalue weighted by molar-refractivity contribution is 0.0802. The van der Waals surface area contributed by atoms with E-state index >= 15 is 0 Å². The van der Waals surface area contributed by atoms with Gasteiger partial charge in [-0.1, -0.05) is 6.07 Å². The van der Waals surface area contributed by atoms with Crippen LogP contribution in [-0.2, 0) is 0 Å². The molecule has 4 rings (SSSR count). The van der Waals surface area contributed by atoms with E-state index in [1.807, 2.05) is 6.92 Å². The molecule has 9 heteroatoms. The van der Waals surface area contributed by atoms with Crippen molar-refractivity contribution in [1.82, 2.24) is 14.9 Å². The summed E-state index contributed by atoms with van der Waals surface area (Å²) in [6, 6.07) is 14.6. The normalized spacial score (nSPS) is 10.8. The van der Waals surface area contributed by atoms with Gasteiger partial charge in [0, 0.05) is 42.5 Å². The Morgan fingerprint density at radius 2 is 1.75 bits per heavy atom. The van der Waals surface area contributed by atoms with E-state index in [-0.39, 0.29) is 30.6 Å². The van der Waals surface area contributed by atoms with Crippen LogP contribution in [0.4, 0.5) is 4.39 Å². The summed E-state index contributed by atoms with van der Waals surface area (Å²) in [7, 11) is 1.74. The number of hydrogen-bond donors (Lipinski definition) is 1. The molecule has 0 unspecified atom stereocenters. The van der Waals surface area contributed by atoms with E-state index in [0.29, 0.717) is 39.9 Å². The zero-order chi connectivity index (χ0) is 25.7. The van der Waals surface area contributed by atoms with Crippen molar-refractivity contribution < 1.29 is 23.5 Å². The Balaban J connectivity index is 1.39. The van der Waals surface area contributed by atoms with E-state index in [4.69, 9.17) is 15.2 Å². The summed E-state index contributed by atoms with van der Waals surface area (Å²) in [5.41, 5.74) is 7.64. The Bertz CT molecular complexity index is 1410. The molecular formula is C27H25FN4O4. The van der Waals surface area contributed by atoms with Crippen LogP contribution < -0.4 is 15.2 Å². The molecule has 0 saturated heterocycles. The maximum absolute atomic E-state index is 14.8. The topological polar surface area (TPSA) is 108 Å². The number of halogens is 1. The van der Waals surface area contributed by atoms with Gasteiger partial charge >= 0.3 is 0 Å². The van der Waals surface area contributed by atoms with Gasteiger partial charge < -0.3 is 20.1 Å². The SMILES string of the molecule is CCN(C)C(=O)c1ccc(OCCOc2ccc(-c3cncc4ccc(C(N)=O)nc34)cc2F)cc1. The fraction of sp³-hybridized carbons (Fsp3) is 0.185. The molecule has 0 aliphatic heterocycles. The molecular weight excluding hydrogens is 463 g/mol. The molecule has 0 radical (unpaired) electrons. The van der Waals surface area contributed by atoms with Crippen LogP contribution in [0.2, 0.25) is 0 Å². The molecule has 0 aliphatic carbocycles. The number of carbonyl (C=O) groups excluding carboxylic acids is 2. The van der Waals surface area contributed by atoms with Crippen molar-refractivity contribution >= 4 is 22.7 Å². The van der Waals surface area contributed by atoms with E-state index < -0.39 is 11.7 Å². The summed E-state index contributed by atoms with van der Waals surface area (Å²) < 4.78 is 26.0. The van der Waals surface area contributed by atoms with Crippen LogP contribution in [0.3, 0.4) is 0 Å². The highest BCUT2D eigenvalue weighted by Gasteiger charge is 2.13. The van der Waals surface area contributed by atoms with Gasteiger partial charge in [0.1, 0.15) is 24.7 Å². The third kappa shape index (κ3) is 5.41. The summed E-state index contributed by atoms with van der Waals surface area (Å²) in [5.74, 6) is -0.611. The van der Waals surface area contributed by atoms with Gasteiger partial charge in [0.25, 0.3) is 11.8 Å². The van der Waals surface area contributed by atoms with Crippen molar-refractivity contribution in [2.45, 2.75) is 6.92 Å². The summed E-state index contributed by atoms with van der Waals surface area (Å²) in [6.07, 6.45) is 3.17. The molecule has 184 valence electrons. The fourth-order valence-corrected chi connectivity index (χ4v) is 3.55. The highest BCUT2D eigenvalue weighted by Crippen LogP contribution is 2.30. The van der Waals surface area contributed by atoms with Crippen molar-refractivity contribution in [3.63, 3.8) is 0 Å². The summed E-state index contributed by atoms with van der Waals surface area (Å²) in [5, 5.41) is 0.699. The first-order chi connectivity index (χ1) is 17.4. The van der Waals surface area contributed by atoms with Crippen LogP contribution in [0, 0.1) is 5.82 Å². The highest BCUT2D eigenvalue weighted by atomic mass is 19.1. The first kappa shape index (κ1) is 24.6. The lowest BCUT2D eigenvalue weighted by Gasteiger charge is -2.14. The molecule has 0 fully saturated rings. The van der Waals surface area contributed by atoms with E-state index in [2.05, 4.69) is 9.97 Å². The second kappa shape index (κ2) is 10.8.